The Balaban J connectivity index is 1.35. The topological polar surface area (TPSA) is 69.6 Å². The van der Waals surface area contributed by atoms with E-state index < -0.39 is 5.97 Å². The van der Waals surface area contributed by atoms with E-state index in [1.165, 1.54) is 38.8 Å². The summed E-state index contributed by atoms with van der Waals surface area (Å²) in [4.78, 5) is 25.0. The number of fused-ring (bicyclic) bond motifs is 1. The van der Waals surface area contributed by atoms with Crippen LogP contribution in [0.1, 0.15) is 36.2 Å². The standard InChI is InChI=1S/C22H24N4O2S/c27-21(28)19-7-5-16(13-23-19)15-4-6-18-20(12-15)29-22(24-18)26-11-8-17(14-26)25-9-2-1-3-10-25/h4-7,12-13,17H,1-3,8-11,14H2,(H,27,28). The molecule has 7 heteroatoms. The number of piperidine rings is 1. The molecular weight excluding hydrogens is 384 g/mol. The zero-order chi connectivity index (χ0) is 19.8. The zero-order valence-corrected chi connectivity index (χ0v) is 17.1. The Bertz CT molecular complexity index is 1030. The molecule has 1 atom stereocenters. The number of pyridine rings is 1. The molecule has 1 unspecified atom stereocenters. The van der Waals surface area contributed by atoms with Gasteiger partial charge in [0.1, 0.15) is 5.69 Å². The lowest BCUT2D eigenvalue weighted by atomic mass is 10.1. The second-order valence-electron chi connectivity index (χ2n) is 7.90. The summed E-state index contributed by atoms with van der Waals surface area (Å²) in [6.07, 6.45) is 6.89. The highest BCUT2D eigenvalue weighted by molar-refractivity contribution is 7.22. The minimum atomic E-state index is -1.01. The smallest absolute Gasteiger partial charge is 0.354 e. The first-order valence-corrected chi connectivity index (χ1v) is 11.1. The number of anilines is 1. The van der Waals surface area contributed by atoms with Crippen molar-refractivity contribution < 1.29 is 9.90 Å². The Hall–Kier alpha value is -2.51. The minimum absolute atomic E-state index is 0.0622. The maximum absolute atomic E-state index is 11.0. The van der Waals surface area contributed by atoms with E-state index in [0.29, 0.717) is 6.04 Å². The summed E-state index contributed by atoms with van der Waals surface area (Å²) in [6.45, 7) is 4.65. The van der Waals surface area contributed by atoms with Crippen molar-refractivity contribution in [2.45, 2.75) is 31.7 Å². The van der Waals surface area contributed by atoms with Crippen LogP contribution in [0.3, 0.4) is 0 Å². The Labute approximate surface area is 173 Å². The van der Waals surface area contributed by atoms with E-state index in [2.05, 4.69) is 20.9 Å². The van der Waals surface area contributed by atoms with Crippen LogP contribution in [-0.2, 0) is 0 Å². The van der Waals surface area contributed by atoms with Gasteiger partial charge in [0.05, 0.1) is 10.2 Å². The SMILES string of the molecule is O=C(O)c1ccc(-c2ccc3nc(N4CCC(N5CCCCC5)C4)sc3c2)cn1. The summed E-state index contributed by atoms with van der Waals surface area (Å²) in [5, 5.41) is 10.1. The summed E-state index contributed by atoms with van der Waals surface area (Å²) in [6, 6.07) is 10.2. The average Bonchev–Trinajstić information content (AvgIpc) is 3.41. The highest BCUT2D eigenvalue weighted by atomic mass is 32.1. The number of aromatic carboxylic acids is 1. The fourth-order valence-electron chi connectivity index (χ4n) is 4.42. The quantitative estimate of drug-likeness (QED) is 0.700. The molecular formula is C22H24N4O2S. The molecule has 2 aliphatic heterocycles. The largest absolute Gasteiger partial charge is 0.477 e. The number of thiazole rings is 1. The average molecular weight is 409 g/mol. The highest BCUT2D eigenvalue weighted by Gasteiger charge is 2.29. The lowest BCUT2D eigenvalue weighted by Gasteiger charge is -2.32. The summed E-state index contributed by atoms with van der Waals surface area (Å²) in [7, 11) is 0. The number of nitrogens with zero attached hydrogens (tertiary/aromatic N) is 4. The first kappa shape index (κ1) is 18.5. The van der Waals surface area contributed by atoms with Gasteiger partial charge in [0.2, 0.25) is 0 Å². The molecule has 0 bridgehead atoms. The van der Waals surface area contributed by atoms with Crippen LogP contribution in [0.5, 0.6) is 0 Å². The molecule has 150 valence electrons. The monoisotopic (exact) mass is 408 g/mol. The molecule has 0 radical (unpaired) electrons. The molecule has 0 amide bonds. The second-order valence-corrected chi connectivity index (χ2v) is 8.91. The Kier molecular flexibility index (Phi) is 4.93. The molecule has 2 fully saturated rings. The van der Waals surface area contributed by atoms with E-state index in [1.807, 2.05) is 18.2 Å². The molecule has 0 saturated carbocycles. The molecule has 29 heavy (non-hydrogen) atoms. The van der Waals surface area contributed by atoms with Gasteiger partial charge in [-0.1, -0.05) is 29.9 Å². The predicted molar refractivity (Wildman–Crippen MR) is 116 cm³/mol. The Morgan fingerprint density at radius 2 is 1.90 bits per heavy atom. The van der Waals surface area contributed by atoms with Crippen molar-refractivity contribution in [3.63, 3.8) is 0 Å². The number of rotatable bonds is 4. The first-order valence-electron chi connectivity index (χ1n) is 10.3. The van der Waals surface area contributed by atoms with E-state index in [0.717, 1.165) is 39.6 Å². The van der Waals surface area contributed by atoms with E-state index in [-0.39, 0.29) is 5.69 Å². The first-order chi connectivity index (χ1) is 14.2. The summed E-state index contributed by atoms with van der Waals surface area (Å²) in [5.74, 6) is -1.01. The van der Waals surface area contributed by atoms with Crippen LogP contribution in [0, 0.1) is 0 Å². The van der Waals surface area contributed by atoms with Gasteiger partial charge >= 0.3 is 5.97 Å². The van der Waals surface area contributed by atoms with Gasteiger partial charge in [-0.05, 0) is 56.1 Å². The van der Waals surface area contributed by atoms with Gasteiger partial charge in [0, 0.05) is 30.9 Å². The van der Waals surface area contributed by atoms with Crippen LogP contribution in [0.15, 0.2) is 36.5 Å². The van der Waals surface area contributed by atoms with Crippen LogP contribution in [0.4, 0.5) is 5.13 Å². The molecule has 0 aliphatic carbocycles. The van der Waals surface area contributed by atoms with Crippen molar-refractivity contribution in [3.05, 3.63) is 42.2 Å². The van der Waals surface area contributed by atoms with Gasteiger partial charge in [0.25, 0.3) is 0 Å². The van der Waals surface area contributed by atoms with Gasteiger partial charge in [-0.3, -0.25) is 4.90 Å². The normalized spacial score (nSPS) is 20.4. The van der Waals surface area contributed by atoms with Crippen molar-refractivity contribution in [1.82, 2.24) is 14.9 Å². The molecule has 2 aromatic heterocycles. The summed E-state index contributed by atoms with van der Waals surface area (Å²) < 4.78 is 1.15. The number of carbonyl (C=O) groups is 1. The molecule has 0 spiro atoms. The Morgan fingerprint density at radius 3 is 2.66 bits per heavy atom. The lowest BCUT2D eigenvalue weighted by molar-refractivity contribution is 0.0690. The van der Waals surface area contributed by atoms with Crippen LogP contribution < -0.4 is 4.90 Å². The molecule has 4 heterocycles. The second kappa shape index (κ2) is 7.72. The van der Waals surface area contributed by atoms with Gasteiger partial charge < -0.3 is 10.0 Å². The third-order valence-electron chi connectivity index (χ3n) is 6.03. The van der Waals surface area contributed by atoms with E-state index in [4.69, 9.17) is 10.1 Å². The number of carboxylic acids is 1. The summed E-state index contributed by atoms with van der Waals surface area (Å²) >= 11 is 1.74. The third-order valence-corrected chi connectivity index (χ3v) is 7.11. The van der Waals surface area contributed by atoms with Crippen molar-refractivity contribution in [2.75, 3.05) is 31.1 Å². The molecule has 2 aliphatic rings. The van der Waals surface area contributed by atoms with Gasteiger partial charge in [-0.15, -0.1) is 0 Å². The lowest BCUT2D eigenvalue weighted by Crippen LogP contribution is -2.40. The summed E-state index contributed by atoms with van der Waals surface area (Å²) in [5.41, 5.74) is 3.03. The minimum Gasteiger partial charge on any atom is -0.477 e. The van der Waals surface area contributed by atoms with Crippen LogP contribution in [0.25, 0.3) is 21.3 Å². The predicted octanol–water partition coefficient (Wildman–Crippen LogP) is 4.12. The number of hydrogen-bond acceptors (Lipinski definition) is 6. The number of benzene rings is 1. The van der Waals surface area contributed by atoms with E-state index >= 15 is 0 Å². The molecule has 5 rings (SSSR count). The number of hydrogen-bond donors (Lipinski definition) is 1. The fourth-order valence-corrected chi connectivity index (χ4v) is 5.46. The van der Waals surface area contributed by atoms with Gasteiger partial charge in [-0.2, -0.15) is 0 Å². The maximum atomic E-state index is 11.0. The maximum Gasteiger partial charge on any atom is 0.354 e. The number of likely N-dealkylation sites (tertiary alicyclic amines) is 1. The fraction of sp³-hybridized carbons (Fsp3) is 0.409. The van der Waals surface area contributed by atoms with E-state index in [1.54, 1.807) is 23.6 Å². The molecule has 1 aromatic carbocycles. The molecule has 6 nitrogen and oxygen atoms in total. The van der Waals surface area contributed by atoms with Crippen molar-refractivity contribution >= 4 is 32.7 Å². The molecule has 1 N–H and O–H groups in total. The highest BCUT2D eigenvalue weighted by Crippen LogP contribution is 2.34. The van der Waals surface area contributed by atoms with E-state index in [9.17, 15) is 4.79 Å². The van der Waals surface area contributed by atoms with Crippen LogP contribution >= 0.6 is 11.3 Å². The van der Waals surface area contributed by atoms with Gasteiger partial charge in [0.15, 0.2) is 5.13 Å². The van der Waals surface area contributed by atoms with Crippen molar-refractivity contribution in [1.29, 1.82) is 0 Å². The van der Waals surface area contributed by atoms with Crippen LogP contribution in [0.2, 0.25) is 0 Å². The zero-order valence-electron chi connectivity index (χ0n) is 16.3. The van der Waals surface area contributed by atoms with Crippen molar-refractivity contribution in [3.8, 4) is 11.1 Å². The number of aromatic nitrogens is 2. The third kappa shape index (κ3) is 3.72. The van der Waals surface area contributed by atoms with Crippen molar-refractivity contribution in [2.24, 2.45) is 0 Å². The number of carboxylic acid groups (broad SMARTS) is 1. The van der Waals surface area contributed by atoms with Crippen LogP contribution in [-0.4, -0.2) is 58.2 Å². The van der Waals surface area contributed by atoms with Gasteiger partial charge in [-0.25, -0.2) is 14.8 Å². The molecule has 3 aromatic rings. The molecule has 2 saturated heterocycles. The Morgan fingerprint density at radius 1 is 1.07 bits per heavy atom.